The van der Waals surface area contributed by atoms with Crippen molar-refractivity contribution in [3.05, 3.63) is 23.8 Å². The molecule has 1 fully saturated rings. The fraction of sp³-hybridized carbons (Fsp3) is 0.467. The van der Waals surface area contributed by atoms with Crippen molar-refractivity contribution in [2.24, 2.45) is 0 Å². The average molecular weight is 289 g/mol. The third-order valence-corrected chi connectivity index (χ3v) is 4.08. The number of ether oxygens (including phenoxy) is 1. The number of rotatable bonds is 1. The molecule has 21 heavy (non-hydrogen) atoms. The van der Waals surface area contributed by atoms with Gasteiger partial charge >= 0.3 is 0 Å². The van der Waals surface area contributed by atoms with Gasteiger partial charge in [-0.1, -0.05) is 0 Å². The van der Waals surface area contributed by atoms with Gasteiger partial charge in [-0.25, -0.2) is 0 Å². The van der Waals surface area contributed by atoms with E-state index in [0.717, 1.165) is 26.2 Å². The maximum Gasteiger partial charge on any atom is 0.264 e. The Balaban J connectivity index is 1.83. The molecule has 1 saturated heterocycles. The first-order valence-electron chi connectivity index (χ1n) is 7.07. The van der Waals surface area contributed by atoms with Crippen molar-refractivity contribution < 1.29 is 14.3 Å². The van der Waals surface area contributed by atoms with Gasteiger partial charge in [0.05, 0.1) is 5.69 Å². The van der Waals surface area contributed by atoms with Crippen molar-refractivity contribution in [1.29, 1.82) is 0 Å². The highest BCUT2D eigenvalue weighted by Crippen LogP contribution is 2.32. The van der Waals surface area contributed by atoms with E-state index in [0.29, 0.717) is 17.0 Å². The molecule has 2 amide bonds. The Morgan fingerprint density at radius 1 is 1.14 bits per heavy atom. The molecule has 2 heterocycles. The minimum absolute atomic E-state index is 0.0114. The molecule has 2 aliphatic heterocycles. The number of fused-ring (bicyclic) bond motifs is 1. The summed E-state index contributed by atoms with van der Waals surface area (Å²) in [4.78, 5) is 29.8. The van der Waals surface area contributed by atoms with E-state index in [9.17, 15) is 9.59 Å². The summed E-state index contributed by atoms with van der Waals surface area (Å²) < 4.78 is 5.38. The van der Waals surface area contributed by atoms with Gasteiger partial charge in [0.25, 0.3) is 11.8 Å². The normalized spacial score (nSPS) is 19.2. The lowest BCUT2D eigenvalue weighted by molar-refractivity contribution is -0.120. The Hall–Kier alpha value is -2.08. The summed E-state index contributed by atoms with van der Waals surface area (Å²) in [5.74, 6) is 0.552. The van der Waals surface area contributed by atoms with Crippen LogP contribution in [0.5, 0.6) is 5.75 Å². The molecule has 0 spiro atoms. The lowest BCUT2D eigenvalue weighted by Gasteiger charge is -2.33. The molecule has 0 radical (unpaired) electrons. The van der Waals surface area contributed by atoms with Crippen LogP contribution in [0, 0.1) is 0 Å². The summed E-state index contributed by atoms with van der Waals surface area (Å²) in [6.07, 6.45) is 0. The largest absolute Gasteiger partial charge is 0.482 e. The molecule has 1 aromatic rings. The highest BCUT2D eigenvalue weighted by Gasteiger charge is 2.25. The van der Waals surface area contributed by atoms with E-state index in [4.69, 9.17) is 4.74 Å². The van der Waals surface area contributed by atoms with Gasteiger partial charge in [-0.3, -0.25) is 9.59 Å². The van der Waals surface area contributed by atoms with Crippen LogP contribution in [0.2, 0.25) is 0 Å². The van der Waals surface area contributed by atoms with Gasteiger partial charge in [-0.05, 0) is 25.2 Å². The Morgan fingerprint density at radius 3 is 2.57 bits per heavy atom. The summed E-state index contributed by atoms with van der Waals surface area (Å²) in [6, 6.07) is 5.28. The maximum atomic E-state index is 12.5. The number of piperazine rings is 1. The highest BCUT2D eigenvalue weighted by atomic mass is 16.5. The molecule has 2 aliphatic rings. The van der Waals surface area contributed by atoms with Crippen molar-refractivity contribution in [2.45, 2.75) is 0 Å². The number of likely N-dealkylation sites (N-methyl/N-ethyl adjacent to an activating group) is 2. The molecule has 6 heteroatoms. The van der Waals surface area contributed by atoms with Gasteiger partial charge in [0, 0.05) is 38.8 Å². The SMILES string of the molecule is CN1CCN(C(=O)c2ccc3c(c2)N(C)C(=O)CO3)CC1. The molecule has 0 atom stereocenters. The number of carbonyl (C=O) groups is 2. The fourth-order valence-corrected chi connectivity index (χ4v) is 2.60. The number of amides is 2. The second-order valence-electron chi connectivity index (χ2n) is 5.52. The van der Waals surface area contributed by atoms with Crippen molar-refractivity contribution in [2.75, 3.05) is 51.8 Å². The molecular weight excluding hydrogens is 270 g/mol. The molecular formula is C15H19N3O3. The van der Waals surface area contributed by atoms with Crippen molar-refractivity contribution >= 4 is 17.5 Å². The molecule has 3 rings (SSSR count). The van der Waals surface area contributed by atoms with Crippen LogP contribution in [0.3, 0.4) is 0 Å². The number of nitrogens with zero attached hydrogens (tertiary/aromatic N) is 3. The van der Waals surface area contributed by atoms with Crippen molar-refractivity contribution in [1.82, 2.24) is 9.80 Å². The second-order valence-corrected chi connectivity index (χ2v) is 5.52. The fourth-order valence-electron chi connectivity index (χ4n) is 2.60. The van der Waals surface area contributed by atoms with E-state index in [1.165, 1.54) is 0 Å². The van der Waals surface area contributed by atoms with E-state index < -0.39 is 0 Å². The van der Waals surface area contributed by atoms with Crippen LogP contribution in [-0.2, 0) is 4.79 Å². The van der Waals surface area contributed by atoms with Crippen molar-refractivity contribution in [3.8, 4) is 5.75 Å². The first kappa shape index (κ1) is 13.9. The zero-order valence-corrected chi connectivity index (χ0v) is 12.3. The molecule has 0 aliphatic carbocycles. The van der Waals surface area contributed by atoms with Gasteiger partial charge in [0.1, 0.15) is 5.75 Å². The summed E-state index contributed by atoms with van der Waals surface area (Å²) in [5.41, 5.74) is 1.26. The van der Waals surface area contributed by atoms with Crippen LogP contribution in [0.4, 0.5) is 5.69 Å². The predicted molar refractivity (Wildman–Crippen MR) is 78.7 cm³/mol. The molecule has 0 bridgehead atoms. The zero-order chi connectivity index (χ0) is 15.0. The molecule has 112 valence electrons. The van der Waals surface area contributed by atoms with Crippen LogP contribution in [-0.4, -0.2) is 68.5 Å². The summed E-state index contributed by atoms with van der Waals surface area (Å²) in [5, 5.41) is 0. The lowest BCUT2D eigenvalue weighted by atomic mass is 10.1. The van der Waals surface area contributed by atoms with E-state index in [-0.39, 0.29) is 18.4 Å². The smallest absolute Gasteiger partial charge is 0.264 e. The number of hydrogen-bond acceptors (Lipinski definition) is 4. The molecule has 0 saturated carbocycles. The monoisotopic (exact) mass is 289 g/mol. The quantitative estimate of drug-likeness (QED) is 0.752. The van der Waals surface area contributed by atoms with Gasteiger partial charge in [0.2, 0.25) is 0 Å². The van der Waals surface area contributed by atoms with Crippen LogP contribution in [0.25, 0.3) is 0 Å². The van der Waals surface area contributed by atoms with Crippen LogP contribution in [0.15, 0.2) is 18.2 Å². The molecule has 0 N–H and O–H groups in total. The standard InChI is InChI=1S/C15H19N3O3/c1-16-5-7-18(8-6-16)15(20)11-3-4-13-12(9-11)17(2)14(19)10-21-13/h3-4,9H,5-8,10H2,1-2H3. The van der Waals surface area contributed by atoms with E-state index in [2.05, 4.69) is 11.9 Å². The summed E-state index contributed by atoms with van der Waals surface area (Å²) in [7, 11) is 3.76. The first-order chi connectivity index (χ1) is 10.1. The Labute approximate surface area is 123 Å². The average Bonchev–Trinajstić information content (AvgIpc) is 2.51. The summed E-state index contributed by atoms with van der Waals surface area (Å²) >= 11 is 0. The minimum atomic E-state index is -0.105. The van der Waals surface area contributed by atoms with Crippen LogP contribution >= 0.6 is 0 Å². The van der Waals surface area contributed by atoms with E-state index >= 15 is 0 Å². The van der Waals surface area contributed by atoms with Gasteiger partial charge in [0.15, 0.2) is 6.61 Å². The maximum absolute atomic E-state index is 12.5. The Morgan fingerprint density at radius 2 is 1.86 bits per heavy atom. The van der Waals surface area contributed by atoms with Gasteiger partial charge in [-0.15, -0.1) is 0 Å². The third kappa shape index (κ3) is 2.58. The highest BCUT2D eigenvalue weighted by molar-refractivity contribution is 6.01. The number of hydrogen-bond donors (Lipinski definition) is 0. The van der Waals surface area contributed by atoms with E-state index in [1.54, 1.807) is 30.1 Å². The van der Waals surface area contributed by atoms with Crippen LogP contribution < -0.4 is 9.64 Å². The Kier molecular flexibility index (Phi) is 3.55. The molecule has 0 unspecified atom stereocenters. The number of anilines is 1. The molecule has 6 nitrogen and oxygen atoms in total. The number of carbonyl (C=O) groups excluding carboxylic acids is 2. The van der Waals surface area contributed by atoms with Gasteiger partial charge in [-0.2, -0.15) is 0 Å². The predicted octanol–water partition coefficient (Wildman–Crippen LogP) is 0.429. The minimum Gasteiger partial charge on any atom is -0.482 e. The zero-order valence-electron chi connectivity index (χ0n) is 12.3. The van der Waals surface area contributed by atoms with Crippen molar-refractivity contribution in [3.63, 3.8) is 0 Å². The Bertz CT molecular complexity index is 580. The van der Waals surface area contributed by atoms with E-state index in [1.807, 2.05) is 4.90 Å². The third-order valence-electron chi connectivity index (χ3n) is 4.08. The lowest BCUT2D eigenvalue weighted by Crippen LogP contribution is -2.47. The molecule has 0 aromatic heterocycles. The topological polar surface area (TPSA) is 53.1 Å². The summed E-state index contributed by atoms with van der Waals surface area (Å²) in [6.45, 7) is 3.29. The van der Waals surface area contributed by atoms with Gasteiger partial charge < -0.3 is 19.4 Å². The second kappa shape index (κ2) is 5.37. The first-order valence-corrected chi connectivity index (χ1v) is 7.07. The molecule has 1 aromatic carbocycles. The number of benzene rings is 1. The van der Waals surface area contributed by atoms with Crippen LogP contribution in [0.1, 0.15) is 10.4 Å².